The topological polar surface area (TPSA) is 55.7 Å². The highest BCUT2D eigenvalue weighted by Gasteiger charge is 2.28. The van der Waals surface area contributed by atoms with Crippen molar-refractivity contribution in [1.82, 2.24) is 0 Å². The van der Waals surface area contributed by atoms with Crippen LogP contribution in [0.1, 0.15) is 39.5 Å². The fraction of sp³-hybridized carbons (Fsp3) is 0.192. The van der Waals surface area contributed by atoms with Gasteiger partial charge in [-0.15, -0.1) is 16.7 Å². The minimum absolute atomic E-state index is 0.320. The first-order valence-corrected chi connectivity index (χ1v) is 11.2. The van der Waals surface area contributed by atoms with E-state index in [4.69, 9.17) is 4.74 Å². The van der Waals surface area contributed by atoms with Crippen LogP contribution in [0.4, 0.5) is 0 Å². The van der Waals surface area contributed by atoms with Crippen LogP contribution >= 0.6 is 11.8 Å². The zero-order valence-electron chi connectivity index (χ0n) is 17.5. The molecule has 1 atom stereocenters. The van der Waals surface area contributed by atoms with Gasteiger partial charge >= 0.3 is 5.91 Å². The molecule has 1 aliphatic rings. The Morgan fingerprint density at radius 2 is 1.77 bits per heavy atom. The number of hydrogen-bond donors (Lipinski definition) is 0. The standard InChI is InChI=1S/C26H23NO3S/c1-17-14-20(26(28)27-29)12-13-21(17)25-24(18(2)16-31-25)22-10-6-7-11-23(22)30-15-19-8-4-3-5-9-19/h3-14,18H,15-16H2,1-2H3. The zero-order valence-corrected chi connectivity index (χ0v) is 18.3. The fourth-order valence-corrected chi connectivity index (χ4v) is 5.29. The molecular weight excluding hydrogens is 406 g/mol. The van der Waals surface area contributed by atoms with E-state index in [0.29, 0.717) is 18.1 Å². The summed E-state index contributed by atoms with van der Waals surface area (Å²) in [5, 5.41) is 2.54. The number of nitroso groups, excluding NO2 is 1. The number of allylic oxidation sites excluding steroid dienone is 1. The number of hydrogen-bond acceptors (Lipinski definition) is 4. The maximum Gasteiger partial charge on any atom is 0.316 e. The lowest BCUT2D eigenvalue weighted by Gasteiger charge is -2.17. The van der Waals surface area contributed by atoms with Crippen LogP contribution < -0.4 is 4.74 Å². The molecule has 156 valence electrons. The molecule has 1 amide bonds. The Bertz CT molecular complexity index is 1150. The minimum Gasteiger partial charge on any atom is -0.488 e. The summed E-state index contributed by atoms with van der Waals surface area (Å²) in [6.07, 6.45) is 0. The summed E-state index contributed by atoms with van der Waals surface area (Å²) < 4.78 is 6.23. The number of aryl methyl sites for hydroxylation is 1. The highest BCUT2D eigenvalue weighted by atomic mass is 32.2. The van der Waals surface area contributed by atoms with Crippen LogP contribution in [0.3, 0.4) is 0 Å². The molecule has 3 aromatic carbocycles. The predicted molar refractivity (Wildman–Crippen MR) is 127 cm³/mol. The van der Waals surface area contributed by atoms with Crippen molar-refractivity contribution in [2.24, 2.45) is 11.1 Å². The molecule has 0 saturated carbocycles. The van der Waals surface area contributed by atoms with Crippen molar-refractivity contribution < 1.29 is 9.53 Å². The smallest absolute Gasteiger partial charge is 0.316 e. The van der Waals surface area contributed by atoms with Crippen molar-refractivity contribution in [2.75, 3.05) is 5.75 Å². The van der Waals surface area contributed by atoms with Gasteiger partial charge in [-0.3, -0.25) is 4.79 Å². The number of thioether (sulfide) groups is 1. The lowest BCUT2D eigenvalue weighted by atomic mass is 9.91. The van der Waals surface area contributed by atoms with Crippen molar-refractivity contribution in [3.8, 4) is 5.75 Å². The highest BCUT2D eigenvalue weighted by Crippen LogP contribution is 2.49. The first-order chi connectivity index (χ1) is 15.1. The Morgan fingerprint density at radius 1 is 1.03 bits per heavy atom. The molecule has 1 unspecified atom stereocenters. The second-order valence-corrected chi connectivity index (χ2v) is 8.68. The van der Waals surface area contributed by atoms with Crippen molar-refractivity contribution >= 4 is 28.1 Å². The summed E-state index contributed by atoms with van der Waals surface area (Å²) in [7, 11) is 0. The minimum atomic E-state index is -0.740. The van der Waals surface area contributed by atoms with Crippen LogP contribution in [0.5, 0.6) is 5.75 Å². The summed E-state index contributed by atoms with van der Waals surface area (Å²) in [6.45, 7) is 4.70. The quantitative estimate of drug-likeness (QED) is 0.408. The molecule has 1 heterocycles. The molecule has 0 aliphatic carbocycles. The highest BCUT2D eigenvalue weighted by molar-refractivity contribution is 8.09. The van der Waals surface area contributed by atoms with Crippen LogP contribution in [0.2, 0.25) is 0 Å². The van der Waals surface area contributed by atoms with Gasteiger partial charge in [0.15, 0.2) is 0 Å². The van der Waals surface area contributed by atoms with E-state index in [1.807, 2.05) is 61.2 Å². The van der Waals surface area contributed by atoms with E-state index in [9.17, 15) is 9.70 Å². The molecule has 0 saturated heterocycles. The predicted octanol–water partition coefficient (Wildman–Crippen LogP) is 6.73. The average Bonchev–Trinajstić information content (AvgIpc) is 3.18. The molecule has 0 spiro atoms. The lowest BCUT2D eigenvalue weighted by molar-refractivity contribution is 0.100. The summed E-state index contributed by atoms with van der Waals surface area (Å²) in [4.78, 5) is 23.5. The molecule has 0 aromatic heterocycles. The van der Waals surface area contributed by atoms with Gasteiger partial charge in [-0.25, -0.2) is 0 Å². The number of rotatable bonds is 6. The number of carbonyl (C=O) groups is 1. The molecule has 4 nitrogen and oxygen atoms in total. The average molecular weight is 430 g/mol. The summed E-state index contributed by atoms with van der Waals surface area (Å²) in [5.41, 5.74) is 5.82. The van der Waals surface area contributed by atoms with E-state index in [-0.39, 0.29) is 0 Å². The van der Waals surface area contributed by atoms with Gasteiger partial charge in [-0.2, -0.15) is 0 Å². The van der Waals surface area contributed by atoms with Crippen molar-refractivity contribution in [1.29, 1.82) is 0 Å². The normalized spacial score (nSPS) is 15.7. The SMILES string of the molecule is Cc1cc(C(=O)N=O)ccc1C1=C(c2ccccc2OCc2ccccc2)C(C)CS1. The summed E-state index contributed by atoms with van der Waals surface area (Å²) in [5.74, 6) is 1.46. The van der Waals surface area contributed by atoms with Gasteiger partial charge in [0.25, 0.3) is 0 Å². The Labute approximate surface area is 186 Å². The molecule has 1 aliphatic heterocycles. The molecule has 0 radical (unpaired) electrons. The summed E-state index contributed by atoms with van der Waals surface area (Å²) >= 11 is 1.82. The summed E-state index contributed by atoms with van der Waals surface area (Å²) in [6, 6.07) is 23.6. The second kappa shape index (κ2) is 9.31. The van der Waals surface area contributed by atoms with E-state index in [2.05, 4.69) is 30.3 Å². The number of benzene rings is 3. The molecule has 31 heavy (non-hydrogen) atoms. The van der Waals surface area contributed by atoms with Gasteiger partial charge in [0.1, 0.15) is 12.4 Å². The third kappa shape index (κ3) is 4.47. The zero-order chi connectivity index (χ0) is 21.8. The Hall–Kier alpha value is -3.18. The van der Waals surface area contributed by atoms with Crippen LogP contribution in [0.15, 0.2) is 78.0 Å². The second-order valence-electron chi connectivity index (χ2n) is 7.65. The number of carbonyl (C=O) groups excluding carboxylic acids is 1. The maximum atomic E-state index is 11.7. The third-order valence-corrected chi connectivity index (χ3v) is 6.83. The van der Waals surface area contributed by atoms with Crippen LogP contribution in [-0.2, 0) is 6.61 Å². The lowest BCUT2D eigenvalue weighted by Crippen LogP contribution is -2.02. The van der Waals surface area contributed by atoms with Gasteiger partial charge in [-0.1, -0.05) is 61.5 Å². The first kappa shape index (κ1) is 21.1. The Balaban J connectivity index is 1.73. The molecule has 4 rings (SSSR count). The first-order valence-electron chi connectivity index (χ1n) is 10.2. The third-order valence-electron chi connectivity index (χ3n) is 5.43. The van der Waals surface area contributed by atoms with Gasteiger partial charge in [0.05, 0.1) is 0 Å². The molecule has 0 N–H and O–H groups in total. The molecule has 0 bridgehead atoms. The monoisotopic (exact) mass is 429 g/mol. The van der Waals surface area contributed by atoms with Gasteiger partial charge in [-0.05, 0) is 53.3 Å². The van der Waals surface area contributed by atoms with Crippen LogP contribution in [-0.4, -0.2) is 11.7 Å². The van der Waals surface area contributed by atoms with Gasteiger partial charge < -0.3 is 4.74 Å². The maximum absolute atomic E-state index is 11.7. The molecule has 5 heteroatoms. The van der Waals surface area contributed by atoms with E-state index < -0.39 is 5.91 Å². The molecular formula is C26H23NO3S. The fourth-order valence-electron chi connectivity index (χ4n) is 3.86. The van der Waals surface area contributed by atoms with Crippen molar-refractivity contribution in [3.63, 3.8) is 0 Å². The van der Waals surface area contributed by atoms with Crippen molar-refractivity contribution in [2.45, 2.75) is 20.5 Å². The van der Waals surface area contributed by atoms with Crippen LogP contribution in [0, 0.1) is 17.7 Å². The van der Waals surface area contributed by atoms with E-state index >= 15 is 0 Å². The Morgan fingerprint density at radius 3 is 2.52 bits per heavy atom. The van der Waals surface area contributed by atoms with Crippen LogP contribution in [0.25, 0.3) is 10.5 Å². The largest absolute Gasteiger partial charge is 0.488 e. The van der Waals surface area contributed by atoms with E-state index in [1.54, 1.807) is 12.1 Å². The van der Waals surface area contributed by atoms with E-state index in [1.165, 1.54) is 10.5 Å². The number of nitrogens with zero attached hydrogens (tertiary/aromatic N) is 1. The number of para-hydroxylation sites is 1. The van der Waals surface area contributed by atoms with E-state index in [0.717, 1.165) is 33.8 Å². The molecule has 0 fully saturated rings. The van der Waals surface area contributed by atoms with Crippen molar-refractivity contribution in [3.05, 3.63) is 106 Å². The van der Waals surface area contributed by atoms with Gasteiger partial charge in [0.2, 0.25) is 0 Å². The Kier molecular flexibility index (Phi) is 6.33. The number of amides is 1. The van der Waals surface area contributed by atoms with Gasteiger partial charge in [0, 0.05) is 27.0 Å². The molecule has 3 aromatic rings. The number of ether oxygens (including phenoxy) is 1.